The second-order valence-corrected chi connectivity index (χ2v) is 14.5. The molecule has 2 aromatic carbocycles. The van der Waals surface area contributed by atoms with Crippen molar-refractivity contribution in [1.29, 1.82) is 0 Å². The second-order valence-electron chi connectivity index (χ2n) is 13.7. The molecule has 1 aromatic heterocycles. The number of hydrazine groups is 1. The van der Waals surface area contributed by atoms with Crippen LogP contribution in [0.15, 0.2) is 66.4 Å². The van der Waals surface area contributed by atoms with Crippen molar-refractivity contribution >= 4 is 58.6 Å². The van der Waals surface area contributed by atoms with Crippen LogP contribution in [0.3, 0.4) is 0 Å². The summed E-state index contributed by atoms with van der Waals surface area (Å²) in [4.78, 5) is 73.8. The van der Waals surface area contributed by atoms with Gasteiger partial charge >= 0.3 is 12.1 Å². The number of aromatic hydroxyl groups is 1. The summed E-state index contributed by atoms with van der Waals surface area (Å²) in [5, 5.41) is 20.2. The number of benzene rings is 2. The predicted octanol–water partition coefficient (Wildman–Crippen LogP) is 5.97. The fourth-order valence-corrected chi connectivity index (χ4v) is 9.04. The summed E-state index contributed by atoms with van der Waals surface area (Å²) in [5.41, 5.74) is 0.997. The Morgan fingerprint density at radius 1 is 1.04 bits per heavy atom. The number of nitrogens with zero attached hydrogens (tertiary/aromatic N) is 3. The number of hydrogen-bond donors (Lipinski definition) is 3. The van der Waals surface area contributed by atoms with E-state index < -0.39 is 87.2 Å². The lowest BCUT2D eigenvalue weighted by atomic mass is 9.49. The largest absolute Gasteiger partial charge is 0.504 e. The maximum absolute atomic E-state index is 15.2. The zero-order chi connectivity index (χ0) is 38.9. The molecule has 7 rings (SSSR count). The highest BCUT2D eigenvalue weighted by Gasteiger charge is 2.70. The van der Waals surface area contributed by atoms with E-state index in [0.717, 1.165) is 4.90 Å². The number of anilines is 1. The number of alkyl halides is 3. The minimum Gasteiger partial charge on any atom is -0.504 e. The average molecular weight is 788 g/mol. The van der Waals surface area contributed by atoms with Gasteiger partial charge in [-0.05, 0) is 66.6 Å². The van der Waals surface area contributed by atoms with Crippen LogP contribution in [0.5, 0.6) is 11.5 Å². The Balaban J connectivity index is 1.40. The maximum Gasteiger partial charge on any atom is 0.417 e. The summed E-state index contributed by atoms with van der Waals surface area (Å²) in [6.07, 6.45) is -2.65. The molecule has 17 heteroatoms. The molecular weight excluding hydrogens is 756 g/mol. The highest BCUT2D eigenvalue weighted by atomic mass is 35.5. The van der Waals surface area contributed by atoms with Crippen molar-refractivity contribution in [2.45, 2.75) is 43.2 Å². The molecule has 12 nitrogen and oxygen atoms in total. The Kier molecular flexibility index (Phi) is 9.37. The summed E-state index contributed by atoms with van der Waals surface area (Å²) in [6, 6.07) is 11.3. The number of carbonyl (C=O) groups excluding carboxylic acids is 4. The Morgan fingerprint density at radius 3 is 2.41 bits per heavy atom. The van der Waals surface area contributed by atoms with Crippen molar-refractivity contribution in [3.63, 3.8) is 0 Å². The number of halogens is 5. The molecule has 6 atom stereocenters. The third-order valence-corrected chi connectivity index (χ3v) is 11.5. The van der Waals surface area contributed by atoms with Gasteiger partial charge in [0, 0.05) is 30.1 Å². The van der Waals surface area contributed by atoms with Crippen molar-refractivity contribution in [2.24, 2.45) is 23.7 Å². The number of methoxy groups -OCH3 is 1. The Bertz CT molecular complexity index is 2130. The maximum atomic E-state index is 15.2. The number of imide groups is 2. The topological polar surface area (TPSA) is 166 Å². The number of nitrogens with one attached hydrogen (secondary N) is 1. The average Bonchev–Trinajstić information content (AvgIpc) is 3.49. The Labute approximate surface area is 315 Å². The molecule has 3 N–H and O–H groups in total. The number of phenolic OH excluding ortho intramolecular Hbond substituents is 1. The van der Waals surface area contributed by atoms with Gasteiger partial charge in [0.15, 0.2) is 17.3 Å². The van der Waals surface area contributed by atoms with Crippen LogP contribution in [0.1, 0.15) is 48.3 Å². The Hall–Kier alpha value is -5.15. The number of likely N-dealkylation sites (tertiary alicyclic amines) is 1. The fraction of sp³-hybridized carbons (Fsp3) is 0.351. The van der Waals surface area contributed by atoms with Crippen molar-refractivity contribution in [1.82, 2.24) is 14.9 Å². The molecule has 6 unspecified atom stereocenters. The minimum atomic E-state index is -4.77. The van der Waals surface area contributed by atoms with E-state index in [2.05, 4.69) is 10.4 Å². The molecule has 0 bridgehead atoms. The number of pyridine rings is 1. The number of phenols is 1. The molecule has 4 amide bonds. The van der Waals surface area contributed by atoms with Crippen LogP contribution in [0.4, 0.5) is 19.0 Å². The molecule has 0 spiro atoms. The number of carboxylic acids is 1. The number of carboxylic acid groups (broad SMARTS) is 1. The molecule has 2 aliphatic carbocycles. The normalized spacial score (nSPS) is 26.3. The van der Waals surface area contributed by atoms with Crippen LogP contribution in [-0.2, 0) is 35.6 Å². The fourth-order valence-electron chi connectivity index (χ4n) is 8.71. The first-order valence-electron chi connectivity index (χ1n) is 16.9. The summed E-state index contributed by atoms with van der Waals surface area (Å²) in [6.45, 7) is -0.105. The van der Waals surface area contributed by atoms with Crippen LogP contribution in [0.25, 0.3) is 0 Å². The van der Waals surface area contributed by atoms with Crippen molar-refractivity contribution < 1.29 is 52.1 Å². The zero-order valence-electron chi connectivity index (χ0n) is 28.3. The van der Waals surface area contributed by atoms with Gasteiger partial charge in [-0.3, -0.25) is 34.3 Å². The van der Waals surface area contributed by atoms with E-state index in [-0.39, 0.29) is 43.7 Å². The molecule has 3 aromatic rings. The van der Waals surface area contributed by atoms with Gasteiger partial charge in [0.05, 0.1) is 40.9 Å². The van der Waals surface area contributed by atoms with Crippen LogP contribution in [0.2, 0.25) is 10.0 Å². The van der Waals surface area contributed by atoms with Gasteiger partial charge in [-0.2, -0.15) is 18.2 Å². The summed E-state index contributed by atoms with van der Waals surface area (Å²) in [5.74, 6) is -8.97. The monoisotopic (exact) mass is 786 g/mol. The van der Waals surface area contributed by atoms with E-state index in [1.807, 2.05) is 0 Å². The molecule has 2 aliphatic heterocycles. The van der Waals surface area contributed by atoms with E-state index in [9.17, 15) is 37.5 Å². The number of aromatic nitrogens is 1. The lowest BCUT2D eigenvalue weighted by molar-refractivity contribution is -0.142. The van der Waals surface area contributed by atoms with Gasteiger partial charge in [0.2, 0.25) is 11.8 Å². The summed E-state index contributed by atoms with van der Waals surface area (Å²) >= 11 is 12.5. The number of rotatable bonds is 9. The van der Waals surface area contributed by atoms with Gasteiger partial charge < -0.3 is 14.9 Å². The molecular formula is C37H31Cl2F3N4O8. The van der Waals surface area contributed by atoms with Crippen molar-refractivity contribution in [3.8, 4) is 11.5 Å². The molecule has 2 saturated heterocycles. The van der Waals surface area contributed by atoms with Crippen LogP contribution in [0, 0.1) is 23.7 Å². The van der Waals surface area contributed by atoms with Crippen LogP contribution in [-0.4, -0.2) is 68.4 Å². The lowest BCUT2D eigenvalue weighted by Crippen LogP contribution is -2.53. The van der Waals surface area contributed by atoms with Gasteiger partial charge in [-0.25, -0.2) is 4.98 Å². The van der Waals surface area contributed by atoms with Gasteiger partial charge in [-0.1, -0.05) is 53.1 Å². The smallest absolute Gasteiger partial charge is 0.417 e. The van der Waals surface area contributed by atoms with Gasteiger partial charge in [0.1, 0.15) is 0 Å². The number of allylic oxidation sites excluding steroid dienone is 2. The molecule has 54 heavy (non-hydrogen) atoms. The van der Waals surface area contributed by atoms with Crippen LogP contribution < -0.4 is 10.2 Å². The first kappa shape index (κ1) is 37.2. The molecule has 282 valence electrons. The van der Waals surface area contributed by atoms with E-state index in [4.69, 9.17) is 33.0 Å². The van der Waals surface area contributed by atoms with Gasteiger partial charge in [0.25, 0.3) is 11.8 Å². The molecule has 3 fully saturated rings. The van der Waals surface area contributed by atoms with Crippen molar-refractivity contribution in [2.75, 3.05) is 19.1 Å². The van der Waals surface area contributed by atoms with E-state index in [1.165, 1.54) is 19.2 Å². The minimum absolute atomic E-state index is 0.0452. The summed E-state index contributed by atoms with van der Waals surface area (Å²) < 4.78 is 45.7. The number of amides is 4. The first-order valence-corrected chi connectivity index (χ1v) is 17.6. The van der Waals surface area contributed by atoms with Gasteiger partial charge in [-0.15, -0.1) is 0 Å². The lowest BCUT2D eigenvalue weighted by Gasteiger charge is -2.50. The molecule has 4 aliphatic rings. The number of carbonyl (C=O) groups is 5. The number of fused-ring (bicyclic) bond motifs is 4. The number of hydrogen-bond acceptors (Lipinski definition) is 9. The predicted molar refractivity (Wildman–Crippen MR) is 185 cm³/mol. The molecule has 1 saturated carbocycles. The second kappa shape index (κ2) is 13.6. The van der Waals surface area contributed by atoms with Crippen molar-refractivity contribution in [3.05, 3.63) is 93.1 Å². The number of ether oxygens (including phenoxy) is 1. The van der Waals surface area contributed by atoms with E-state index >= 15 is 4.79 Å². The SMILES string of the molecule is COc1cc(C2C3=CCC4C(=O)N(CCCC(=O)O)C(=O)C4C3CC3C(=O)N(Nc4ncc(C(F)(F)F)cc4Cl)C(=O)C32c2ccc(Cl)cc2)ccc1O. The first-order chi connectivity index (χ1) is 25.6. The van der Waals surface area contributed by atoms with E-state index in [0.29, 0.717) is 39.0 Å². The van der Waals surface area contributed by atoms with E-state index in [1.54, 1.807) is 36.4 Å². The quantitative estimate of drug-likeness (QED) is 0.174. The third-order valence-electron chi connectivity index (χ3n) is 11.0. The van der Waals surface area contributed by atoms with Crippen LogP contribution >= 0.6 is 23.2 Å². The number of aliphatic carboxylic acids is 1. The Morgan fingerprint density at radius 2 is 1.76 bits per heavy atom. The molecule has 3 heterocycles. The highest BCUT2D eigenvalue weighted by molar-refractivity contribution is 6.33. The third kappa shape index (κ3) is 5.84. The highest BCUT2D eigenvalue weighted by Crippen LogP contribution is 2.64. The standard InChI is InChI=1S/C37H31Cl2F3N4O8/c1-54-27-13-17(4-11-26(27)47)30-21-9-10-22-29(34(52)45(32(22)50)12-2-3-28(48)49)23(21)15-24-33(51)46(35(53)36(24,30)18-5-7-20(38)8-6-18)44-31-25(39)14-19(16-43-31)37(40,41)42/h4-9,11,13-14,16,22-24,29-30,47H,2-3,10,12,15H2,1H3,(H,43,44)(H,48,49). The molecule has 0 radical (unpaired) electrons. The summed E-state index contributed by atoms with van der Waals surface area (Å²) in [7, 11) is 1.34. The zero-order valence-corrected chi connectivity index (χ0v) is 29.8.